The molecule has 0 spiro atoms. The molecule has 3 aromatic rings. The Morgan fingerprint density at radius 3 is 2.28 bits per heavy atom. The largest absolute Gasteiger partial charge is 0.494 e. The summed E-state index contributed by atoms with van der Waals surface area (Å²) in [5, 5.41) is 12.3. The van der Waals surface area contributed by atoms with Crippen LogP contribution in [0.5, 0.6) is 5.88 Å². The summed E-state index contributed by atoms with van der Waals surface area (Å²) in [6.45, 7) is 8.09. The molecule has 0 atom stereocenters. The van der Waals surface area contributed by atoms with E-state index in [1.807, 2.05) is 56.5 Å². The summed E-state index contributed by atoms with van der Waals surface area (Å²) < 4.78 is 1.86. The molecule has 3 rings (SSSR count). The number of aromatic nitrogens is 1. The second-order valence-corrected chi connectivity index (χ2v) is 8.42. The first kappa shape index (κ1) is 23.3. The molecule has 0 radical (unpaired) electrons. The molecule has 6 nitrogen and oxygen atoms in total. The van der Waals surface area contributed by atoms with Gasteiger partial charge in [0.15, 0.2) is 5.78 Å². The van der Waals surface area contributed by atoms with Crippen molar-refractivity contribution in [3.8, 4) is 11.6 Å². The molecule has 0 aliphatic rings. The maximum atomic E-state index is 12.2. The number of benzene rings is 2. The predicted octanol–water partition coefficient (Wildman–Crippen LogP) is 4.69. The predicted molar refractivity (Wildman–Crippen MR) is 129 cm³/mol. The Morgan fingerprint density at radius 2 is 1.66 bits per heavy atom. The number of aromatic hydroxyl groups is 1. The van der Waals surface area contributed by atoms with Gasteiger partial charge in [-0.1, -0.05) is 31.5 Å². The molecule has 168 valence electrons. The summed E-state index contributed by atoms with van der Waals surface area (Å²) in [6.07, 6.45) is 1.54. The first-order valence-corrected chi connectivity index (χ1v) is 11.0. The van der Waals surface area contributed by atoms with Crippen LogP contribution in [0.2, 0.25) is 0 Å². The van der Waals surface area contributed by atoms with Crippen LogP contribution in [0.3, 0.4) is 0 Å². The van der Waals surface area contributed by atoms with Crippen molar-refractivity contribution < 1.29 is 14.7 Å². The zero-order chi connectivity index (χ0) is 23.4. The molecular weight excluding hydrogens is 402 g/mol. The van der Waals surface area contributed by atoms with Crippen molar-refractivity contribution in [1.29, 1.82) is 0 Å². The number of carbonyl (C=O) groups is 2. The number of Topliss-reactive ketones (excluding diaryl/α,β-unsaturated/α-hetero) is 1. The third-order valence-corrected chi connectivity index (χ3v) is 5.44. The van der Waals surface area contributed by atoms with E-state index >= 15 is 0 Å². The molecule has 0 saturated carbocycles. The van der Waals surface area contributed by atoms with E-state index in [1.54, 1.807) is 0 Å². The van der Waals surface area contributed by atoms with Crippen molar-refractivity contribution in [2.45, 2.75) is 53.4 Å². The van der Waals surface area contributed by atoms with Crippen LogP contribution in [-0.2, 0) is 9.59 Å². The molecule has 0 aliphatic carbocycles. The van der Waals surface area contributed by atoms with Crippen molar-refractivity contribution in [3.05, 3.63) is 58.7 Å². The first-order valence-electron chi connectivity index (χ1n) is 11.0. The number of nitrogens with two attached hydrogens (primary N) is 1. The summed E-state index contributed by atoms with van der Waals surface area (Å²) in [4.78, 5) is 27.7. The topological polar surface area (TPSA) is 97.7 Å². The quantitative estimate of drug-likeness (QED) is 0.479. The third kappa shape index (κ3) is 5.07. The van der Waals surface area contributed by atoms with Gasteiger partial charge in [0.25, 0.3) is 0 Å². The summed E-state index contributed by atoms with van der Waals surface area (Å²) >= 11 is 0. The van der Waals surface area contributed by atoms with Crippen LogP contribution < -0.4 is 5.73 Å². The molecule has 1 amide bonds. The fraction of sp³-hybridized carbons (Fsp3) is 0.346. The molecule has 32 heavy (non-hydrogen) atoms. The monoisotopic (exact) mass is 433 g/mol. The number of ketones is 1. The lowest BCUT2D eigenvalue weighted by Gasteiger charge is -2.11. The molecule has 0 saturated heterocycles. The number of carbonyl (C=O) groups excluding carboxylic acids is 2. The number of aryl methyl sites for hydroxylation is 3. The average molecular weight is 434 g/mol. The maximum absolute atomic E-state index is 12.2. The second-order valence-electron chi connectivity index (χ2n) is 8.42. The number of hydrogen-bond acceptors (Lipinski definition) is 4. The van der Waals surface area contributed by atoms with E-state index in [0.717, 1.165) is 39.7 Å². The van der Waals surface area contributed by atoms with E-state index in [1.165, 1.54) is 0 Å². The second kappa shape index (κ2) is 9.81. The number of fused-ring (bicyclic) bond motifs is 1. The highest BCUT2D eigenvalue weighted by atomic mass is 16.3. The smallest absolute Gasteiger partial charge is 0.217 e. The van der Waals surface area contributed by atoms with Gasteiger partial charge in [0.2, 0.25) is 11.8 Å². The summed E-state index contributed by atoms with van der Waals surface area (Å²) in [6, 6.07) is 12.3. The average Bonchev–Trinajstić information content (AvgIpc) is 2.99. The highest BCUT2D eigenvalue weighted by Gasteiger charge is 2.22. The SMILES string of the molecule is CCCC(=NCC(=O)CCC(N)=O)c1c(O)n(-c2cc(C)cc(C)c2)c2cc(C)ccc12. The molecule has 2 aromatic carbocycles. The van der Waals surface area contributed by atoms with Crippen LogP contribution in [-0.4, -0.2) is 33.6 Å². The zero-order valence-electron chi connectivity index (χ0n) is 19.2. The summed E-state index contributed by atoms with van der Waals surface area (Å²) in [5.41, 5.74) is 11.6. The van der Waals surface area contributed by atoms with Gasteiger partial charge in [0.05, 0.1) is 17.6 Å². The lowest BCUT2D eigenvalue weighted by Crippen LogP contribution is -2.14. The van der Waals surface area contributed by atoms with Gasteiger partial charge < -0.3 is 10.8 Å². The van der Waals surface area contributed by atoms with Crippen LogP contribution in [0.15, 0.2) is 41.4 Å². The van der Waals surface area contributed by atoms with Crippen molar-refractivity contribution in [2.24, 2.45) is 10.7 Å². The van der Waals surface area contributed by atoms with Crippen LogP contribution in [0.4, 0.5) is 0 Å². The van der Waals surface area contributed by atoms with E-state index in [9.17, 15) is 14.7 Å². The molecule has 1 aromatic heterocycles. The highest BCUT2D eigenvalue weighted by Crippen LogP contribution is 2.36. The van der Waals surface area contributed by atoms with Crippen molar-refractivity contribution in [2.75, 3.05) is 6.54 Å². The Balaban J connectivity index is 2.16. The summed E-state index contributed by atoms with van der Waals surface area (Å²) in [5.74, 6) is -0.529. The minimum absolute atomic E-state index is 0.0218. The molecule has 0 fully saturated rings. The fourth-order valence-electron chi connectivity index (χ4n) is 4.06. The highest BCUT2D eigenvalue weighted by molar-refractivity contribution is 6.14. The Hall–Kier alpha value is -3.41. The molecule has 0 bridgehead atoms. The van der Waals surface area contributed by atoms with Gasteiger partial charge in [-0.2, -0.15) is 0 Å². The van der Waals surface area contributed by atoms with Gasteiger partial charge >= 0.3 is 0 Å². The van der Waals surface area contributed by atoms with E-state index in [-0.39, 0.29) is 31.0 Å². The van der Waals surface area contributed by atoms with Gasteiger partial charge in [-0.3, -0.25) is 19.1 Å². The molecule has 0 unspecified atom stereocenters. The molecular formula is C26H31N3O3. The van der Waals surface area contributed by atoms with Crippen LogP contribution in [0.1, 0.15) is 54.9 Å². The number of aliphatic imine (C=N–C) groups is 1. The van der Waals surface area contributed by atoms with E-state index in [2.05, 4.69) is 17.1 Å². The van der Waals surface area contributed by atoms with Crippen LogP contribution in [0, 0.1) is 20.8 Å². The fourth-order valence-corrected chi connectivity index (χ4v) is 4.06. The van der Waals surface area contributed by atoms with Gasteiger partial charge in [-0.25, -0.2) is 0 Å². The molecule has 1 heterocycles. The molecule has 0 aliphatic heterocycles. The molecule has 3 N–H and O–H groups in total. The van der Waals surface area contributed by atoms with Crippen molar-refractivity contribution in [1.82, 2.24) is 4.57 Å². The molecule has 6 heteroatoms. The number of amides is 1. The van der Waals surface area contributed by atoms with Crippen molar-refractivity contribution in [3.63, 3.8) is 0 Å². The standard InChI is InChI=1S/C26H31N3O3/c1-5-6-22(28-15-20(30)8-10-24(27)31)25-21-9-7-16(2)14-23(21)29(26(25)32)19-12-17(3)11-18(4)13-19/h7,9,11-14,32H,5-6,8,10,15H2,1-4H3,(H2,27,31). The lowest BCUT2D eigenvalue weighted by atomic mass is 10.0. The van der Waals surface area contributed by atoms with Gasteiger partial charge in [0.1, 0.15) is 0 Å². The van der Waals surface area contributed by atoms with Crippen LogP contribution in [0.25, 0.3) is 16.6 Å². The number of primary amides is 1. The van der Waals surface area contributed by atoms with Gasteiger partial charge in [0, 0.05) is 29.6 Å². The minimum atomic E-state index is -0.499. The normalized spacial score (nSPS) is 11.8. The Kier molecular flexibility index (Phi) is 7.13. The first-order chi connectivity index (χ1) is 15.2. The maximum Gasteiger partial charge on any atom is 0.217 e. The third-order valence-electron chi connectivity index (χ3n) is 5.44. The summed E-state index contributed by atoms with van der Waals surface area (Å²) in [7, 11) is 0. The van der Waals surface area contributed by atoms with E-state index in [0.29, 0.717) is 17.7 Å². The number of nitrogens with zero attached hydrogens (tertiary/aromatic N) is 2. The Morgan fingerprint density at radius 1 is 0.969 bits per heavy atom. The number of hydrogen-bond donors (Lipinski definition) is 2. The van der Waals surface area contributed by atoms with Gasteiger partial charge in [-0.15, -0.1) is 0 Å². The lowest BCUT2D eigenvalue weighted by molar-refractivity contribution is -0.123. The zero-order valence-corrected chi connectivity index (χ0v) is 19.2. The van der Waals surface area contributed by atoms with E-state index < -0.39 is 5.91 Å². The minimum Gasteiger partial charge on any atom is -0.494 e. The Bertz CT molecular complexity index is 1180. The van der Waals surface area contributed by atoms with Gasteiger partial charge in [-0.05, 0) is 62.1 Å². The van der Waals surface area contributed by atoms with Crippen molar-refractivity contribution >= 4 is 28.3 Å². The van der Waals surface area contributed by atoms with E-state index in [4.69, 9.17) is 5.73 Å². The number of rotatable bonds is 9. The Labute approximate surface area is 188 Å². The van der Waals surface area contributed by atoms with Crippen LogP contribution >= 0.6 is 0 Å².